The summed E-state index contributed by atoms with van der Waals surface area (Å²) in [7, 11) is 0. The van der Waals surface area contributed by atoms with Crippen LogP contribution in [0.3, 0.4) is 0 Å². The van der Waals surface area contributed by atoms with Gasteiger partial charge in [-0.3, -0.25) is 0 Å². The van der Waals surface area contributed by atoms with Crippen LogP contribution in [0.25, 0.3) is 0 Å². The predicted molar refractivity (Wildman–Crippen MR) is 61.4 cm³/mol. The summed E-state index contributed by atoms with van der Waals surface area (Å²) in [5, 5.41) is 25.2. The maximum Gasteiger partial charge on any atom is 0.464 e. The second-order valence-electron chi connectivity index (χ2n) is 4.26. The van der Waals surface area contributed by atoms with Gasteiger partial charge in [0.05, 0.1) is 12.4 Å². The van der Waals surface area contributed by atoms with E-state index < -0.39 is 16.8 Å². The number of hydrogen-bond donors (Lipinski definition) is 0. The average Bonchev–Trinajstić information content (AvgIpc) is 2.94. The summed E-state index contributed by atoms with van der Waals surface area (Å²) < 4.78 is 1.47. The van der Waals surface area contributed by atoms with E-state index in [0.29, 0.717) is 11.1 Å². The number of carbonyl (C=O) groups is 1. The van der Waals surface area contributed by atoms with Gasteiger partial charge in [0.15, 0.2) is 5.69 Å². The molecule has 0 aliphatic rings. The molecule has 0 fully saturated rings. The molecule has 0 unspecified atom stereocenters. The first-order valence-corrected chi connectivity index (χ1v) is 5.50. The Balaban J connectivity index is 2.44. The van der Waals surface area contributed by atoms with E-state index in [1.165, 1.54) is 12.4 Å². The van der Waals surface area contributed by atoms with Crippen LogP contribution in [-0.2, 0) is 6.42 Å². The van der Waals surface area contributed by atoms with Gasteiger partial charge in [0, 0.05) is 11.6 Å². The van der Waals surface area contributed by atoms with Gasteiger partial charge < -0.3 is 10.1 Å². The molecule has 0 N–H and O–H groups in total. The van der Waals surface area contributed by atoms with E-state index >= 15 is 0 Å². The average molecular weight is 265 g/mol. The van der Waals surface area contributed by atoms with Crippen LogP contribution in [0, 0.1) is 16.0 Å². The number of aromatic nitrogens is 6. The van der Waals surface area contributed by atoms with Gasteiger partial charge in [-0.05, 0) is 15.5 Å². The maximum atomic E-state index is 11.9. The van der Waals surface area contributed by atoms with Gasteiger partial charge >= 0.3 is 11.8 Å². The van der Waals surface area contributed by atoms with Crippen LogP contribution in [0.15, 0.2) is 12.4 Å². The van der Waals surface area contributed by atoms with E-state index in [-0.39, 0.29) is 11.6 Å². The molecule has 2 rings (SSSR count). The predicted octanol–water partition coefficient (Wildman–Crippen LogP) is 0.493. The standard InChI is InChI=1S/C9H11N7O3/c1-6(2)5-7-8(16(18)19)15(13-11-7)9(17)14-4-3-10-12-14/h3-4,6H,5H2,1-2H3. The van der Waals surface area contributed by atoms with Crippen LogP contribution in [0.1, 0.15) is 19.5 Å². The van der Waals surface area contributed by atoms with Gasteiger partial charge in [0.25, 0.3) is 0 Å². The molecule has 2 aromatic heterocycles. The van der Waals surface area contributed by atoms with E-state index in [0.717, 1.165) is 4.68 Å². The molecule has 0 atom stereocenters. The minimum Gasteiger partial charge on any atom is -0.358 e. The van der Waals surface area contributed by atoms with Crippen LogP contribution < -0.4 is 0 Å². The Morgan fingerprint density at radius 2 is 2.21 bits per heavy atom. The van der Waals surface area contributed by atoms with E-state index in [4.69, 9.17) is 0 Å². The van der Waals surface area contributed by atoms with Crippen molar-refractivity contribution in [3.8, 4) is 0 Å². The third-order valence-corrected chi connectivity index (χ3v) is 2.29. The molecule has 0 amide bonds. The molecule has 19 heavy (non-hydrogen) atoms. The Morgan fingerprint density at radius 3 is 2.74 bits per heavy atom. The Morgan fingerprint density at radius 1 is 1.47 bits per heavy atom. The summed E-state index contributed by atoms with van der Waals surface area (Å²) in [6.07, 6.45) is 2.92. The van der Waals surface area contributed by atoms with Crippen LogP contribution >= 0.6 is 0 Å². The molecule has 0 saturated heterocycles. The van der Waals surface area contributed by atoms with Crippen LogP contribution in [0.4, 0.5) is 10.6 Å². The van der Waals surface area contributed by atoms with Crippen molar-refractivity contribution in [3.63, 3.8) is 0 Å². The molecule has 10 heteroatoms. The van der Waals surface area contributed by atoms with Crippen molar-refractivity contribution in [3.05, 3.63) is 28.2 Å². The second kappa shape index (κ2) is 4.92. The fraction of sp³-hybridized carbons (Fsp3) is 0.444. The zero-order chi connectivity index (χ0) is 14.0. The van der Waals surface area contributed by atoms with Gasteiger partial charge in [0.2, 0.25) is 0 Å². The molecule has 0 saturated carbocycles. The molecule has 100 valence electrons. The number of nitro groups is 1. The molecule has 2 aromatic rings. The topological polar surface area (TPSA) is 122 Å². The third-order valence-electron chi connectivity index (χ3n) is 2.29. The second-order valence-corrected chi connectivity index (χ2v) is 4.26. The Bertz CT molecular complexity index is 601. The highest BCUT2D eigenvalue weighted by Crippen LogP contribution is 2.19. The maximum absolute atomic E-state index is 11.9. The molecule has 0 radical (unpaired) electrons. The molecular weight excluding hydrogens is 254 g/mol. The Kier molecular flexibility index (Phi) is 3.31. The lowest BCUT2D eigenvalue weighted by atomic mass is 10.1. The summed E-state index contributed by atoms with van der Waals surface area (Å²) in [5.74, 6) is -0.278. The van der Waals surface area contributed by atoms with Crippen LogP contribution in [-0.4, -0.2) is 40.9 Å². The van der Waals surface area contributed by atoms with Crippen molar-refractivity contribution >= 4 is 11.8 Å². The SMILES string of the molecule is CC(C)Cc1nnn(C(=O)n2ccnn2)c1[N+](=O)[O-]. The summed E-state index contributed by atoms with van der Waals surface area (Å²) >= 11 is 0. The van der Waals surface area contributed by atoms with Crippen molar-refractivity contribution in [2.75, 3.05) is 0 Å². The lowest BCUT2D eigenvalue weighted by Crippen LogP contribution is -2.23. The normalized spacial score (nSPS) is 10.9. The molecule has 10 nitrogen and oxygen atoms in total. The van der Waals surface area contributed by atoms with E-state index in [2.05, 4.69) is 20.6 Å². The number of rotatable bonds is 3. The Hall–Kier alpha value is -2.65. The van der Waals surface area contributed by atoms with Gasteiger partial charge in [-0.2, -0.15) is 0 Å². The molecule has 2 heterocycles. The minimum absolute atomic E-state index is 0.158. The van der Waals surface area contributed by atoms with E-state index in [1.807, 2.05) is 13.8 Å². The van der Waals surface area contributed by atoms with Gasteiger partial charge in [-0.1, -0.05) is 19.1 Å². The van der Waals surface area contributed by atoms with Crippen LogP contribution in [0.5, 0.6) is 0 Å². The third kappa shape index (κ3) is 2.46. The molecule has 0 spiro atoms. The fourth-order valence-electron chi connectivity index (χ4n) is 1.55. The smallest absolute Gasteiger partial charge is 0.358 e. The highest BCUT2D eigenvalue weighted by molar-refractivity contribution is 5.79. The highest BCUT2D eigenvalue weighted by atomic mass is 16.6. The fourth-order valence-corrected chi connectivity index (χ4v) is 1.55. The van der Waals surface area contributed by atoms with Gasteiger partial charge in [-0.15, -0.1) is 14.9 Å². The van der Waals surface area contributed by atoms with Gasteiger partial charge in [-0.25, -0.2) is 4.79 Å². The number of nitrogens with zero attached hydrogens (tertiary/aromatic N) is 7. The van der Waals surface area contributed by atoms with Crippen molar-refractivity contribution in [2.24, 2.45) is 5.92 Å². The molecule has 0 aliphatic heterocycles. The first kappa shape index (κ1) is 12.8. The Labute approximate surface area is 107 Å². The summed E-state index contributed by atoms with van der Waals surface area (Å²) in [6, 6.07) is -0.799. The monoisotopic (exact) mass is 265 g/mol. The van der Waals surface area contributed by atoms with E-state index in [1.54, 1.807) is 0 Å². The molecule has 0 aliphatic carbocycles. The molecule has 0 bridgehead atoms. The minimum atomic E-state index is -0.799. The summed E-state index contributed by atoms with van der Waals surface area (Å²) in [5.41, 5.74) is 0.175. The highest BCUT2D eigenvalue weighted by Gasteiger charge is 2.30. The summed E-state index contributed by atoms with van der Waals surface area (Å²) in [6.45, 7) is 3.78. The quantitative estimate of drug-likeness (QED) is 0.584. The molecule has 0 aromatic carbocycles. The van der Waals surface area contributed by atoms with E-state index in [9.17, 15) is 14.9 Å². The lowest BCUT2D eigenvalue weighted by molar-refractivity contribution is -0.392. The zero-order valence-corrected chi connectivity index (χ0v) is 10.3. The first-order valence-electron chi connectivity index (χ1n) is 5.50. The van der Waals surface area contributed by atoms with Crippen molar-refractivity contribution in [1.82, 2.24) is 30.0 Å². The van der Waals surface area contributed by atoms with Crippen molar-refractivity contribution in [2.45, 2.75) is 20.3 Å². The van der Waals surface area contributed by atoms with Crippen molar-refractivity contribution < 1.29 is 9.72 Å². The van der Waals surface area contributed by atoms with Crippen LogP contribution in [0.2, 0.25) is 0 Å². The van der Waals surface area contributed by atoms with Gasteiger partial charge in [0.1, 0.15) is 0 Å². The lowest BCUT2D eigenvalue weighted by Gasteiger charge is -2.01. The van der Waals surface area contributed by atoms with Crippen molar-refractivity contribution in [1.29, 1.82) is 0 Å². The number of hydrogen-bond acceptors (Lipinski definition) is 7. The zero-order valence-electron chi connectivity index (χ0n) is 10.3. The largest absolute Gasteiger partial charge is 0.464 e. The number of carbonyl (C=O) groups excluding carboxylic acids is 1. The molecular formula is C9H11N7O3. The first-order chi connectivity index (χ1) is 9.00. The summed E-state index contributed by atoms with van der Waals surface area (Å²) in [4.78, 5) is 22.3.